The third kappa shape index (κ3) is 7.19. The second kappa shape index (κ2) is 11.5. The molecule has 0 saturated carbocycles. The van der Waals surface area contributed by atoms with Crippen molar-refractivity contribution in [3.8, 4) is 0 Å². The Hall–Kier alpha value is -2.16. The van der Waals surface area contributed by atoms with E-state index in [1.807, 2.05) is 43.3 Å². The molecule has 1 saturated heterocycles. The molecule has 1 N–H and O–H groups in total. The van der Waals surface area contributed by atoms with Crippen LogP contribution in [0.1, 0.15) is 41.4 Å². The molecule has 0 atom stereocenters. The van der Waals surface area contributed by atoms with Crippen LogP contribution in [0.25, 0.3) is 0 Å². The topological polar surface area (TPSA) is 70.6 Å². The van der Waals surface area contributed by atoms with Crippen LogP contribution in [-0.2, 0) is 10.5 Å². The molecule has 2 aromatic rings. The summed E-state index contributed by atoms with van der Waals surface area (Å²) in [5.74, 6) is 2.04. The fourth-order valence-corrected chi connectivity index (χ4v) is 3.96. The van der Waals surface area contributed by atoms with E-state index in [0.717, 1.165) is 60.8 Å². The fourth-order valence-electron chi connectivity index (χ4n) is 3.14. The number of ether oxygens (including phenoxy) is 1. The molecule has 0 spiro atoms. The van der Waals surface area contributed by atoms with Gasteiger partial charge in [0.05, 0.1) is 13.2 Å². The van der Waals surface area contributed by atoms with Gasteiger partial charge in [0.15, 0.2) is 5.16 Å². The summed E-state index contributed by atoms with van der Waals surface area (Å²) in [7, 11) is 3.98. The third-order valence-electron chi connectivity index (χ3n) is 5.07. The molecule has 1 amide bonds. The molecular weight excluding hydrogens is 410 g/mol. The van der Waals surface area contributed by atoms with Gasteiger partial charge in [-0.05, 0) is 37.7 Å². The second-order valence-corrected chi connectivity index (χ2v) is 9.17. The average molecular weight is 444 g/mol. The molecule has 1 aromatic heterocycles. The number of hydrogen-bond acceptors (Lipinski definition) is 7. The van der Waals surface area contributed by atoms with Gasteiger partial charge in [-0.15, -0.1) is 0 Å². The van der Waals surface area contributed by atoms with Crippen molar-refractivity contribution in [1.82, 2.24) is 20.2 Å². The lowest BCUT2D eigenvalue weighted by Gasteiger charge is -2.28. The summed E-state index contributed by atoms with van der Waals surface area (Å²) in [6, 6.07) is 9.87. The Bertz CT molecular complexity index is 852. The fraction of sp³-hybridized carbons (Fsp3) is 0.522. The minimum atomic E-state index is -0.0378. The van der Waals surface area contributed by atoms with Crippen LogP contribution < -0.4 is 10.2 Å². The number of carbonyl (C=O) groups is 1. The number of nitrogens with zero attached hydrogens (tertiary/aromatic N) is 4. The molecule has 3 rings (SSSR count). The summed E-state index contributed by atoms with van der Waals surface area (Å²) < 4.78 is 5.47. The number of benzene rings is 1. The normalized spacial score (nSPS) is 14.3. The quantitative estimate of drug-likeness (QED) is 0.472. The van der Waals surface area contributed by atoms with Gasteiger partial charge in [-0.3, -0.25) is 4.79 Å². The Labute approximate surface area is 189 Å². The Morgan fingerprint density at radius 1 is 1.19 bits per heavy atom. The Morgan fingerprint density at radius 2 is 1.90 bits per heavy atom. The van der Waals surface area contributed by atoms with Crippen LogP contribution in [0.3, 0.4) is 0 Å². The van der Waals surface area contributed by atoms with Crippen LogP contribution in [0.2, 0.25) is 0 Å². The molecule has 1 aromatic carbocycles. The number of carbonyl (C=O) groups excluding carboxylic acids is 1. The Balaban J connectivity index is 1.62. The molecule has 168 valence electrons. The first-order valence-corrected chi connectivity index (χ1v) is 11.8. The average Bonchev–Trinajstić information content (AvgIpc) is 2.78. The highest BCUT2D eigenvalue weighted by atomic mass is 32.2. The molecule has 7 nitrogen and oxygen atoms in total. The zero-order chi connectivity index (χ0) is 22.2. The summed E-state index contributed by atoms with van der Waals surface area (Å²) in [5, 5.41) is 3.73. The monoisotopic (exact) mass is 443 g/mol. The summed E-state index contributed by atoms with van der Waals surface area (Å²) in [6.45, 7) is 8.95. The van der Waals surface area contributed by atoms with Crippen molar-refractivity contribution in [1.29, 1.82) is 0 Å². The minimum absolute atomic E-state index is 0.0378. The van der Waals surface area contributed by atoms with Crippen molar-refractivity contribution in [2.24, 2.45) is 0 Å². The van der Waals surface area contributed by atoms with Gasteiger partial charge in [0.1, 0.15) is 5.82 Å². The van der Waals surface area contributed by atoms with Crippen molar-refractivity contribution < 1.29 is 9.53 Å². The molecular formula is C23H33N5O2S. The molecule has 2 heterocycles. The highest BCUT2D eigenvalue weighted by Crippen LogP contribution is 2.26. The van der Waals surface area contributed by atoms with Crippen LogP contribution in [0, 0.1) is 0 Å². The standard InChI is InChI=1S/C23H33N5O2S/c1-17(2)20-15-21(28-11-13-30-14-12-28)26-23(25-20)31-16-18-5-7-19(8-6-18)22(29)24-9-10-27(3)4/h5-8,15,17H,9-14,16H2,1-4H3,(H,24,29). The first-order chi connectivity index (χ1) is 14.9. The predicted octanol–water partition coefficient (Wildman–Crippen LogP) is 3.02. The number of morpholine rings is 1. The molecule has 1 fully saturated rings. The minimum Gasteiger partial charge on any atom is -0.378 e. The number of rotatable bonds is 9. The zero-order valence-corrected chi connectivity index (χ0v) is 19.7. The molecule has 31 heavy (non-hydrogen) atoms. The number of thioether (sulfide) groups is 1. The van der Waals surface area contributed by atoms with Gasteiger partial charge in [-0.1, -0.05) is 37.7 Å². The van der Waals surface area contributed by atoms with E-state index in [-0.39, 0.29) is 5.91 Å². The van der Waals surface area contributed by atoms with Gasteiger partial charge < -0.3 is 19.9 Å². The van der Waals surface area contributed by atoms with Gasteiger partial charge in [-0.2, -0.15) is 0 Å². The van der Waals surface area contributed by atoms with Gasteiger partial charge in [0.2, 0.25) is 0 Å². The Morgan fingerprint density at radius 3 is 2.55 bits per heavy atom. The third-order valence-corrected chi connectivity index (χ3v) is 5.99. The van der Waals surface area contributed by atoms with Crippen LogP contribution in [-0.4, -0.2) is 74.3 Å². The predicted molar refractivity (Wildman–Crippen MR) is 126 cm³/mol. The van der Waals surface area contributed by atoms with E-state index in [0.29, 0.717) is 18.0 Å². The smallest absolute Gasteiger partial charge is 0.251 e. The van der Waals surface area contributed by atoms with Crippen LogP contribution in [0.15, 0.2) is 35.5 Å². The lowest BCUT2D eigenvalue weighted by Crippen LogP contribution is -2.37. The molecule has 8 heteroatoms. The molecule has 0 aliphatic carbocycles. The summed E-state index contributed by atoms with van der Waals surface area (Å²) in [6.07, 6.45) is 0. The van der Waals surface area contributed by atoms with Gasteiger partial charge >= 0.3 is 0 Å². The van der Waals surface area contributed by atoms with Gasteiger partial charge in [0, 0.05) is 49.3 Å². The van der Waals surface area contributed by atoms with E-state index in [1.165, 1.54) is 0 Å². The van der Waals surface area contributed by atoms with E-state index in [2.05, 4.69) is 30.1 Å². The van der Waals surface area contributed by atoms with E-state index in [9.17, 15) is 4.79 Å². The highest BCUT2D eigenvalue weighted by Gasteiger charge is 2.16. The van der Waals surface area contributed by atoms with Crippen molar-refractivity contribution in [2.75, 3.05) is 58.4 Å². The van der Waals surface area contributed by atoms with Crippen LogP contribution >= 0.6 is 11.8 Å². The van der Waals surface area contributed by atoms with Crippen molar-refractivity contribution in [3.05, 3.63) is 47.2 Å². The molecule has 0 bridgehead atoms. The molecule has 1 aliphatic rings. The van der Waals surface area contributed by atoms with Crippen molar-refractivity contribution in [2.45, 2.75) is 30.7 Å². The van der Waals surface area contributed by atoms with Crippen LogP contribution in [0.4, 0.5) is 5.82 Å². The highest BCUT2D eigenvalue weighted by molar-refractivity contribution is 7.98. The van der Waals surface area contributed by atoms with E-state index in [4.69, 9.17) is 14.7 Å². The summed E-state index contributed by atoms with van der Waals surface area (Å²) in [5.41, 5.74) is 2.88. The maximum atomic E-state index is 12.2. The number of amides is 1. The van der Waals surface area contributed by atoms with E-state index < -0.39 is 0 Å². The maximum Gasteiger partial charge on any atom is 0.251 e. The van der Waals surface area contributed by atoms with Crippen molar-refractivity contribution >= 4 is 23.5 Å². The maximum absolute atomic E-state index is 12.2. The first kappa shape index (κ1) is 23.5. The largest absolute Gasteiger partial charge is 0.378 e. The number of nitrogens with one attached hydrogen (secondary N) is 1. The second-order valence-electron chi connectivity index (χ2n) is 8.23. The summed E-state index contributed by atoms with van der Waals surface area (Å²) in [4.78, 5) is 26.1. The van der Waals surface area contributed by atoms with E-state index >= 15 is 0 Å². The van der Waals surface area contributed by atoms with Crippen LogP contribution in [0.5, 0.6) is 0 Å². The SMILES string of the molecule is CC(C)c1cc(N2CCOCC2)nc(SCc2ccc(C(=O)NCCN(C)C)cc2)n1. The molecule has 1 aliphatic heterocycles. The number of anilines is 1. The lowest BCUT2D eigenvalue weighted by atomic mass is 10.1. The van der Waals surface area contributed by atoms with Crippen molar-refractivity contribution in [3.63, 3.8) is 0 Å². The number of aromatic nitrogens is 2. The molecule has 0 radical (unpaired) electrons. The number of hydrogen-bond donors (Lipinski definition) is 1. The van der Waals surface area contributed by atoms with Gasteiger partial charge in [-0.25, -0.2) is 9.97 Å². The zero-order valence-electron chi connectivity index (χ0n) is 18.9. The first-order valence-electron chi connectivity index (χ1n) is 10.8. The number of likely N-dealkylation sites (N-methyl/N-ethyl adjacent to an activating group) is 1. The summed E-state index contributed by atoms with van der Waals surface area (Å²) >= 11 is 1.63. The van der Waals surface area contributed by atoms with Gasteiger partial charge in [0.25, 0.3) is 5.91 Å². The lowest BCUT2D eigenvalue weighted by molar-refractivity contribution is 0.0951. The Kier molecular flexibility index (Phi) is 8.69. The molecule has 0 unspecified atom stereocenters. The van der Waals surface area contributed by atoms with E-state index in [1.54, 1.807) is 11.8 Å².